The molecule has 1 N–H and O–H groups in total. The van der Waals surface area contributed by atoms with Gasteiger partial charge in [-0.15, -0.1) is 11.3 Å². The molecular weight excluding hydrogens is 348 g/mol. The predicted octanol–water partition coefficient (Wildman–Crippen LogP) is 3.72. The molecule has 6 heteroatoms. The molecule has 2 aliphatic rings. The molecule has 0 radical (unpaired) electrons. The summed E-state index contributed by atoms with van der Waals surface area (Å²) < 4.78 is 0. The van der Waals surface area contributed by atoms with Crippen LogP contribution < -0.4 is 5.32 Å². The highest BCUT2D eigenvalue weighted by Crippen LogP contribution is 2.19. The average molecular weight is 379 g/mol. The molecule has 1 aromatic rings. The number of hydrogen-bond acceptors (Lipinski definition) is 4. The Morgan fingerprint density at radius 3 is 2.92 bits per heavy atom. The van der Waals surface area contributed by atoms with Crippen molar-refractivity contribution in [2.45, 2.75) is 52.0 Å². The Hall–Kier alpha value is -0.980. The Balaban J connectivity index is 1.39. The van der Waals surface area contributed by atoms with Crippen LogP contribution in [0.5, 0.6) is 0 Å². The van der Waals surface area contributed by atoms with E-state index in [0.717, 1.165) is 62.2 Å². The molecule has 0 atom stereocenters. The fourth-order valence-electron chi connectivity index (χ4n) is 3.62. The van der Waals surface area contributed by atoms with E-state index in [0.29, 0.717) is 0 Å². The van der Waals surface area contributed by atoms with E-state index in [9.17, 15) is 0 Å². The van der Waals surface area contributed by atoms with Gasteiger partial charge >= 0.3 is 0 Å². The second kappa shape index (κ2) is 9.64. The number of aromatic nitrogens is 1. The molecular formula is C19H30N4S2. The Morgan fingerprint density at radius 2 is 2.16 bits per heavy atom. The number of rotatable bonds is 5. The fourth-order valence-corrected chi connectivity index (χ4v) is 4.50. The highest BCUT2D eigenvalue weighted by atomic mass is 32.1. The number of thiocarbonyl (C=S) groups is 1. The highest BCUT2D eigenvalue weighted by molar-refractivity contribution is 7.80. The van der Waals surface area contributed by atoms with Crippen LogP contribution in [0.15, 0.2) is 17.0 Å². The maximum atomic E-state index is 5.64. The van der Waals surface area contributed by atoms with Crippen molar-refractivity contribution in [2.24, 2.45) is 0 Å². The molecule has 2 heterocycles. The Bertz CT molecular complexity index is 596. The Labute approximate surface area is 161 Å². The summed E-state index contributed by atoms with van der Waals surface area (Å²) in [6.07, 6.45) is 10.00. The summed E-state index contributed by atoms with van der Waals surface area (Å²) in [5, 5.41) is 7.76. The van der Waals surface area contributed by atoms with E-state index < -0.39 is 0 Å². The lowest BCUT2D eigenvalue weighted by atomic mass is 9.97. The zero-order valence-electron chi connectivity index (χ0n) is 15.3. The van der Waals surface area contributed by atoms with Crippen molar-refractivity contribution in [2.75, 3.05) is 32.7 Å². The summed E-state index contributed by atoms with van der Waals surface area (Å²) >= 11 is 7.38. The van der Waals surface area contributed by atoms with Crippen LogP contribution in [0.3, 0.4) is 0 Å². The van der Waals surface area contributed by atoms with Crippen molar-refractivity contribution >= 4 is 28.7 Å². The van der Waals surface area contributed by atoms with Crippen LogP contribution in [0.2, 0.25) is 0 Å². The van der Waals surface area contributed by atoms with Gasteiger partial charge in [0.1, 0.15) is 0 Å². The number of aryl methyl sites for hydroxylation is 1. The molecule has 1 aromatic heterocycles. The molecule has 25 heavy (non-hydrogen) atoms. The second-order valence-electron chi connectivity index (χ2n) is 7.06. The monoisotopic (exact) mass is 378 g/mol. The predicted molar refractivity (Wildman–Crippen MR) is 110 cm³/mol. The van der Waals surface area contributed by atoms with Crippen LogP contribution in [-0.2, 0) is 6.54 Å². The lowest BCUT2D eigenvalue weighted by Gasteiger charge is -2.25. The first kappa shape index (κ1) is 18.8. The van der Waals surface area contributed by atoms with Crippen molar-refractivity contribution in [1.29, 1.82) is 0 Å². The van der Waals surface area contributed by atoms with Crippen LogP contribution in [-0.4, -0.2) is 52.6 Å². The topological polar surface area (TPSA) is 31.4 Å². The molecule has 1 saturated heterocycles. The van der Waals surface area contributed by atoms with Gasteiger partial charge in [0.05, 0.1) is 10.7 Å². The Morgan fingerprint density at radius 1 is 1.24 bits per heavy atom. The summed E-state index contributed by atoms with van der Waals surface area (Å²) in [6.45, 7) is 8.27. The van der Waals surface area contributed by atoms with E-state index in [1.54, 1.807) is 16.9 Å². The summed E-state index contributed by atoms with van der Waals surface area (Å²) in [5.74, 6) is 0. The first-order chi connectivity index (χ1) is 12.2. The third-order valence-electron chi connectivity index (χ3n) is 5.04. The first-order valence-electron chi connectivity index (χ1n) is 9.55. The fraction of sp³-hybridized carbons (Fsp3) is 0.684. The van der Waals surface area contributed by atoms with Crippen molar-refractivity contribution in [3.05, 3.63) is 27.7 Å². The molecule has 4 nitrogen and oxygen atoms in total. The van der Waals surface area contributed by atoms with Crippen LogP contribution in [0.1, 0.15) is 49.2 Å². The molecule has 0 saturated carbocycles. The van der Waals surface area contributed by atoms with Gasteiger partial charge in [0.25, 0.3) is 0 Å². The van der Waals surface area contributed by atoms with Gasteiger partial charge in [-0.1, -0.05) is 11.6 Å². The molecule has 1 aliphatic heterocycles. The van der Waals surface area contributed by atoms with Gasteiger partial charge in [0.2, 0.25) is 0 Å². The first-order valence-corrected chi connectivity index (χ1v) is 10.8. The molecule has 138 valence electrons. The maximum Gasteiger partial charge on any atom is 0.168 e. The summed E-state index contributed by atoms with van der Waals surface area (Å²) in [5.41, 5.74) is 2.82. The van der Waals surface area contributed by atoms with E-state index in [-0.39, 0.29) is 0 Å². The lowest BCUT2D eigenvalue weighted by Crippen LogP contribution is -2.42. The minimum Gasteiger partial charge on any atom is -0.362 e. The molecule has 0 amide bonds. The molecule has 3 rings (SSSR count). The largest absolute Gasteiger partial charge is 0.362 e. The van der Waals surface area contributed by atoms with Gasteiger partial charge in [-0.3, -0.25) is 4.90 Å². The van der Waals surface area contributed by atoms with Gasteiger partial charge < -0.3 is 10.2 Å². The zero-order valence-corrected chi connectivity index (χ0v) is 16.9. The molecule has 1 aliphatic carbocycles. The normalized spacial score (nSPS) is 19.4. The quantitative estimate of drug-likeness (QED) is 0.623. The molecule has 1 fully saturated rings. The van der Waals surface area contributed by atoms with Crippen molar-refractivity contribution < 1.29 is 0 Å². The minimum atomic E-state index is 0.933. The third-order valence-corrected chi connectivity index (χ3v) is 6.26. The van der Waals surface area contributed by atoms with Crippen molar-refractivity contribution in [3.8, 4) is 0 Å². The van der Waals surface area contributed by atoms with E-state index >= 15 is 0 Å². The van der Waals surface area contributed by atoms with Gasteiger partial charge in [-0.05, 0) is 57.7 Å². The molecule has 0 bridgehead atoms. The SMILES string of the molecule is Cc1nc(CN2CCCN(C(=S)NCCC3=CCCCC3)CC2)cs1. The highest BCUT2D eigenvalue weighted by Gasteiger charge is 2.17. The van der Waals surface area contributed by atoms with Crippen molar-refractivity contribution in [1.82, 2.24) is 20.1 Å². The summed E-state index contributed by atoms with van der Waals surface area (Å²) in [7, 11) is 0. The lowest BCUT2D eigenvalue weighted by molar-refractivity contribution is 0.275. The smallest absolute Gasteiger partial charge is 0.168 e. The van der Waals surface area contributed by atoms with Gasteiger partial charge in [-0.25, -0.2) is 4.98 Å². The zero-order chi connectivity index (χ0) is 17.5. The van der Waals surface area contributed by atoms with Crippen LogP contribution in [0, 0.1) is 6.92 Å². The summed E-state index contributed by atoms with van der Waals surface area (Å²) in [4.78, 5) is 9.44. The number of thiazole rings is 1. The minimum absolute atomic E-state index is 0.933. The van der Waals surface area contributed by atoms with Gasteiger partial charge in [0, 0.05) is 44.6 Å². The van der Waals surface area contributed by atoms with Gasteiger partial charge in [-0.2, -0.15) is 0 Å². The average Bonchev–Trinajstić information content (AvgIpc) is 2.89. The van der Waals surface area contributed by atoms with Crippen LogP contribution in [0.25, 0.3) is 0 Å². The number of allylic oxidation sites excluding steroid dienone is 1. The maximum absolute atomic E-state index is 5.64. The summed E-state index contributed by atoms with van der Waals surface area (Å²) in [6, 6.07) is 0. The third kappa shape index (κ3) is 6.04. The van der Waals surface area contributed by atoms with Crippen LogP contribution in [0.4, 0.5) is 0 Å². The van der Waals surface area contributed by atoms with E-state index in [1.165, 1.54) is 31.4 Å². The van der Waals surface area contributed by atoms with Crippen LogP contribution >= 0.6 is 23.6 Å². The standard InChI is InChI=1S/C19H30N4S2/c1-16-21-18(15-25-16)14-22-10-5-11-23(13-12-22)19(24)20-9-8-17-6-3-2-4-7-17/h6,15H,2-5,7-14H2,1H3,(H,20,24). The molecule has 0 unspecified atom stereocenters. The Kier molecular flexibility index (Phi) is 7.25. The van der Waals surface area contributed by atoms with E-state index in [4.69, 9.17) is 12.2 Å². The number of hydrogen-bond donors (Lipinski definition) is 1. The number of nitrogens with zero attached hydrogens (tertiary/aromatic N) is 3. The van der Waals surface area contributed by atoms with Crippen molar-refractivity contribution in [3.63, 3.8) is 0 Å². The van der Waals surface area contributed by atoms with E-state index in [2.05, 4.69) is 38.5 Å². The second-order valence-corrected chi connectivity index (χ2v) is 8.51. The molecule has 0 aromatic carbocycles. The number of nitrogens with one attached hydrogen (secondary N) is 1. The van der Waals surface area contributed by atoms with E-state index in [1.807, 2.05) is 0 Å². The van der Waals surface area contributed by atoms with Gasteiger partial charge in [0.15, 0.2) is 5.11 Å². The molecule has 0 spiro atoms.